The van der Waals surface area contributed by atoms with Crippen molar-refractivity contribution in [1.82, 2.24) is 0 Å². The number of carbonyl (C=O) groups is 4. The molecule has 0 radical (unpaired) electrons. The van der Waals surface area contributed by atoms with Crippen molar-refractivity contribution in [2.75, 3.05) is 38.9 Å². The van der Waals surface area contributed by atoms with Gasteiger partial charge in [0.2, 0.25) is 12.6 Å². The van der Waals surface area contributed by atoms with Gasteiger partial charge < -0.3 is 88.2 Å². The monoisotopic (exact) mass is 892 g/mol. The standard InChI is InChI=1S/C36H44O22S2/c1-59-35(47)51-7-11-3-15(39)21-13(9-49-31(19(11)21)57-33-26(43)24(41)23(40)17(5-37)54-33)30(46)56-28-18(6-38)55-34(27(44)25(28)42)58-32-20-12(8-52-36(48)60-2)4-16-22(20)14(10-50-32)29(45)53-16/h3-4,9-10,15-28,31-34,37-44H,5-8H2,1-2H3/t15-,16-,17+,18+,19+,20+,21-,22-,23+,24-,25+,26+,27+,28+,31-,32-,33-,34-/m0/s1. The molecule has 0 spiro atoms. The second-order valence-electron chi connectivity index (χ2n) is 14.6. The summed E-state index contributed by atoms with van der Waals surface area (Å²) in [4.78, 5) is 50.3. The number of hydrogen-bond acceptors (Lipinski definition) is 24. The highest BCUT2D eigenvalue weighted by Crippen LogP contribution is 2.50. The fourth-order valence-electron chi connectivity index (χ4n) is 8.32. The van der Waals surface area contributed by atoms with Gasteiger partial charge in [-0.15, -0.1) is 0 Å². The Bertz CT molecular complexity index is 1780. The van der Waals surface area contributed by atoms with Gasteiger partial charge in [0.1, 0.15) is 62.0 Å². The first-order valence-corrected chi connectivity index (χ1v) is 21.0. The zero-order chi connectivity index (χ0) is 43.2. The van der Waals surface area contributed by atoms with Crippen molar-refractivity contribution >= 4 is 46.1 Å². The van der Waals surface area contributed by atoms with Crippen molar-refractivity contribution < 1.29 is 107 Å². The molecule has 5 aliphatic heterocycles. The second-order valence-corrected chi connectivity index (χ2v) is 16.1. The third-order valence-corrected chi connectivity index (χ3v) is 12.2. The van der Waals surface area contributed by atoms with Gasteiger partial charge >= 0.3 is 22.5 Å². The predicted molar refractivity (Wildman–Crippen MR) is 195 cm³/mol. The summed E-state index contributed by atoms with van der Waals surface area (Å²) < 4.78 is 56.1. The summed E-state index contributed by atoms with van der Waals surface area (Å²) >= 11 is 1.60. The SMILES string of the molecule is CSC(=O)OCC1=C[C@@H]2OC(=O)C3=CO[C@@H](O[C@@H]4O[C@H](CO)[C@@H](OC(=O)C5=CO[C@@H](O[C@@H]6O[C@H](CO)[C@@H](O)[C@H](O)[C@H]6O)[C@@H]6C(COC(=O)SC)=C[C@H](O)[C@H]56)[C@H](O)[C@H]4O)[C@H]1[C@@H]32. The van der Waals surface area contributed by atoms with Gasteiger partial charge in [0.25, 0.3) is 0 Å². The molecular weight excluding hydrogens is 849 g/mol. The molecule has 24 heteroatoms. The van der Waals surface area contributed by atoms with E-state index in [9.17, 15) is 60.0 Å². The van der Waals surface area contributed by atoms with Crippen LogP contribution in [0.5, 0.6) is 0 Å². The molecule has 7 aliphatic rings. The van der Waals surface area contributed by atoms with Gasteiger partial charge in [-0.05, 0) is 53.3 Å². The van der Waals surface area contributed by atoms with E-state index >= 15 is 0 Å². The Hall–Kier alpha value is -3.34. The largest absolute Gasteiger partial charge is 0.471 e. The van der Waals surface area contributed by atoms with E-state index < -0.39 is 152 Å². The molecule has 0 amide bonds. The van der Waals surface area contributed by atoms with E-state index in [1.54, 1.807) is 6.08 Å². The molecule has 0 aromatic rings. The lowest BCUT2D eigenvalue weighted by molar-refractivity contribution is -0.341. The van der Waals surface area contributed by atoms with E-state index in [1.807, 2.05) is 0 Å². The van der Waals surface area contributed by atoms with Crippen LogP contribution in [0.3, 0.4) is 0 Å². The number of fused-ring (bicyclic) bond motifs is 1. The molecule has 0 aromatic heterocycles. The van der Waals surface area contributed by atoms with Gasteiger partial charge in [0.15, 0.2) is 18.7 Å². The molecule has 3 saturated heterocycles. The summed E-state index contributed by atoms with van der Waals surface area (Å²) in [5.41, 5.74) is 0.553. The summed E-state index contributed by atoms with van der Waals surface area (Å²) in [6.45, 7) is -2.26. The third kappa shape index (κ3) is 8.43. The van der Waals surface area contributed by atoms with Crippen LogP contribution in [0, 0.1) is 23.7 Å². The highest BCUT2D eigenvalue weighted by molar-refractivity contribution is 8.12. The van der Waals surface area contributed by atoms with Gasteiger partial charge in [-0.1, -0.05) is 6.08 Å². The lowest BCUT2D eigenvalue weighted by Crippen LogP contribution is -2.61. The topological polar surface area (TPSA) is 322 Å². The number of esters is 2. The Labute approximate surface area is 348 Å². The first-order valence-electron chi connectivity index (χ1n) is 18.6. The van der Waals surface area contributed by atoms with Crippen LogP contribution >= 0.6 is 23.5 Å². The van der Waals surface area contributed by atoms with Gasteiger partial charge in [0, 0.05) is 11.8 Å². The van der Waals surface area contributed by atoms with E-state index in [1.165, 1.54) is 18.6 Å². The second kappa shape index (κ2) is 18.6. The van der Waals surface area contributed by atoms with E-state index in [0.29, 0.717) is 5.57 Å². The Balaban J connectivity index is 1.07. The molecule has 5 heterocycles. The molecule has 0 saturated carbocycles. The van der Waals surface area contributed by atoms with Crippen LogP contribution in [0.4, 0.5) is 9.59 Å². The van der Waals surface area contributed by atoms with Crippen LogP contribution in [-0.2, 0) is 57.0 Å². The Kier molecular flexibility index (Phi) is 13.8. The van der Waals surface area contributed by atoms with Crippen LogP contribution in [0.25, 0.3) is 0 Å². The minimum absolute atomic E-state index is 0.196. The summed E-state index contributed by atoms with van der Waals surface area (Å²) in [5, 5.41) is 83.7. The fraction of sp³-hybridized carbons (Fsp3) is 0.667. The molecule has 332 valence electrons. The average molecular weight is 893 g/mol. The van der Waals surface area contributed by atoms with Crippen LogP contribution in [0.1, 0.15) is 0 Å². The predicted octanol–water partition coefficient (Wildman–Crippen LogP) is -2.72. The number of rotatable bonds is 12. The van der Waals surface area contributed by atoms with E-state index in [4.69, 9.17) is 47.4 Å². The molecule has 60 heavy (non-hydrogen) atoms. The molecule has 3 fully saturated rings. The molecule has 22 nitrogen and oxygen atoms in total. The lowest BCUT2D eigenvalue weighted by atomic mass is 9.82. The summed E-state index contributed by atoms with van der Waals surface area (Å²) in [6.07, 6.45) is -14.4. The summed E-state index contributed by atoms with van der Waals surface area (Å²) in [5.74, 6) is -5.62. The Morgan fingerprint density at radius 1 is 0.667 bits per heavy atom. The van der Waals surface area contributed by atoms with Crippen molar-refractivity contribution in [3.05, 3.63) is 47.0 Å². The number of aliphatic hydroxyl groups is 8. The van der Waals surface area contributed by atoms with E-state index in [-0.39, 0.29) is 23.3 Å². The first kappa shape index (κ1) is 44.7. The van der Waals surface area contributed by atoms with Gasteiger partial charge in [-0.25, -0.2) is 19.2 Å². The average Bonchev–Trinajstić information content (AvgIpc) is 3.89. The number of ether oxygens (including phenoxy) is 10. The Morgan fingerprint density at radius 3 is 1.82 bits per heavy atom. The lowest BCUT2D eigenvalue weighted by Gasteiger charge is -2.44. The minimum atomic E-state index is -1.97. The Morgan fingerprint density at radius 2 is 1.22 bits per heavy atom. The molecule has 18 atom stereocenters. The van der Waals surface area contributed by atoms with Crippen LogP contribution < -0.4 is 0 Å². The van der Waals surface area contributed by atoms with Crippen molar-refractivity contribution in [3.8, 4) is 0 Å². The maximum Gasteiger partial charge on any atom is 0.367 e. The normalized spacial score (nSPS) is 41.6. The minimum Gasteiger partial charge on any atom is -0.471 e. The molecule has 0 unspecified atom stereocenters. The van der Waals surface area contributed by atoms with Crippen molar-refractivity contribution in [2.24, 2.45) is 23.7 Å². The van der Waals surface area contributed by atoms with Crippen LogP contribution in [0.2, 0.25) is 0 Å². The van der Waals surface area contributed by atoms with Crippen LogP contribution in [-0.4, -0.2) is 189 Å². The summed E-state index contributed by atoms with van der Waals surface area (Å²) in [6, 6.07) is 0. The maximum atomic E-state index is 13.9. The number of hydrogen-bond donors (Lipinski definition) is 8. The van der Waals surface area contributed by atoms with Crippen LogP contribution in [0.15, 0.2) is 47.0 Å². The highest BCUT2D eigenvalue weighted by atomic mass is 32.2. The van der Waals surface area contributed by atoms with E-state index in [0.717, 1.165) is 36.0 Å². The first-order chi connectivity index (χ1) is 28.7. The van der Waals surface area contributed by atoms with Crippen molar-refractivity contribution in [1.29, 1.82) is 0 Å². The van der Waals surface area contributed by atoms with Crippen molar-refractivity contribution in [2.45, 2.75) is 86.2 Å². The van der Waals surface area contributed by atoms with Gasteiger partial charge in [-0.2, -0.15) is 0 Å². The third-order valence-electron chi connectivity index (χ3n) is 11.3. The molecule has 2 aliphatic carbocycles. The number of thioether (sulfide) groups is 2. The fourth-order valence-corrected chi connectivity index (χ4v) is 8.67. The maximum absolute atomic E-state index is 13.9. The molecule has 7 rings (SSSR count). The molecule has 8 N–H and O–H groups in total. The van der Waals surface area contributed by atoms with Gasteiger partial charge in [-0.3, -0.25) is 0 Å². The van der Waals surface area contributed by atoms with Crippen molar-refractivity contribution in [3.63, 3.8) is 0 Å². The number of carbonyl (C=O) groups excluding carboxylic acids is 4. The highest BCUT2D eigenvalue weighted by Gasteiger charge is 2.58. The summed E-state index contributed by atoms with van der Waals surface area (Å²) in [7, 11) is 0. The van der Waals surface area contributed by atoms with E-state index in [2.05, 4.69) is 0 Å². The number of aliphatic hydroxyl groups excluding tert-OH is 8. The van der Waals surface area contributed by atoms with Gasteiger partial charge in [0.05, 0.1) is 54.8 Å². The molecule has 0 aromatic carbocycles. The molecular formula is C36H44O22S2. The molecule has 0 bridgehead atoms. The quantitative estimate of drug-likeness (QED) is 0.0561. The zero-order valence-corrected chi connectivity index (χ0v) is 33.3. The zero-order valence-electron chi connectivity index (χ0n) is 31.6. The smallest absolute Gasteiger partial charge is 0.367 e.